The molecule has 2 heterocycles. The standard InChI is InChI=1S/C12H16FN3O2S/c13-11-2-1-5-14-12(11)19(17,18)16-8-6-15(7-9-16)10-3-4-10/h1-2,5,10H,3-4,6-9H2. The average molecular weight is 285 g/mol. The highest BCUT2D eigenvalue weighted by atomic mass is 32.2. The van der Waals surface area contributed by atoms with Gasteiger partial charge in [-0.3, -0.25) is 4.90 Å². The van der Waals surface area contributed by atoms with E-state index in [0.717, 1.165) is 19.2 Å². The fourth-order valence-corrected chi connectivity index (χ4v) is 3.83. The molecule has 1 aliphatic heterocycles. The van der Waals surface area contributed by atoms with Crippen LogP contribution in [0.1, 0.15) is 12.8 Å². The molecule has 1 aromatic heterocycles. The van der Waals surface area contributed by atoms with Crippen molar-refractivity contribution in [2.24, 2.45) is 0 Å². The van der Waals surface area contributed by atoms with E-state index in [-0.39, 0.29) is 0 Å². The first-order valence-corrected chi connectivity index (χ1v) is 7.88. The van der Waals surface area contributed by atoms with Crippen LogP contribution in [0.5, 0.6) is 0 Å². The lowest BCUT2D eigenvalue weighted by atomic mass is 10.3. The molecule has 1 aromatic rings. The maximum atomic E-state index is 13.6. The van der Waals surface area contributed by atoms with Crippen LogP contribution in [0.25, 0.3) is 0 Å². The van der Waals surface area contributed by atoms with Crippen LogP contribution >= 0.6 is 0 Å². The van der Waals surface area contributed by atoms with E-state index in [0.29, 0.717) is 19.1 Å². The SMILES string of the molecule is O=S(=O)(c1ncccc1F)N1CCN(C2CC2)CC1. The van der Waals surface area contributed by atoms with Crippen molar-refractivity contribution in [3.63, 3.8) is 0 Å². The second-order valence-corrected chi connectivity index (χ2v) is 6.81. The molecule has 3 rings (SSSR count). The number of aromatic nitrogens is 1. The van der Waals surface area contributed by atoms with Crippen LogP contribution in [0.15, 0.2) is 23.4 Å². The first-order chi connectivity index (χ1) is 9.09. The van der Waals surface area contributed by atoms with Crippen LogP contribution in [-0.2, 0) is 10.0 Å². The summed E-state index contributed by atoms with van der Waals surface area (Å²) in [6, 6.07) is 3.15. The predicted molar refractivity (Wildman–Crippen MR) is 67.5 cm³/mol. The minimum Gasteiger partial charge on any atom is -0.298 e. The minimum absolute atomic E-state index is 0.412. The van der Waals surface area contributed by atoms with E-state index >= 15 is 0 Å². The van der Waals surface area contributed by atoms with Crippen LogP contribution in [0.4, 0.5) is 4.39 Å². The van der Waals surface area contributed by atoms with E-state index in [4.69, 9.17) is 0 Å². The van der Waals surface area contributed by atoms with Gasteiger partial charge in [0.15, 0.2) is 5.82 Å². The van der Waals surface area contributed by atoms with Crippen LogP contribution in [0, 0.1) is 5.82 Å². The van der Waals surface area contributed by atoms with Crippen molar-refractivity contribution in [3.8, 4) is 0 Å². The minimum atomic E-state index is -3.80. The first-order valence-electron chi connectivity index (χ1n) is 6.44. The van der Waals surface area contributed by atoms with Gasteiger partial charge in [0.25, 0.3) is 10.0 Å². The lowest BCUT2D eigenvalue weighted by Gasteiger charge is -2.33. The number of nitrogens with zero attached hydrogens (tertiary/aromatic N) is 3. The lowest BCUT2D eigenvalue weighted by molar-refractivity contribution is 0.180. The zero-order valence-corrected chi connectivity index (χ0v) is 11.3. The number of rotatable bonds is 3. The number of hydrogen-bond acceptors (Lipinski definition) is 4. The highest BCUT2D eigenvalue weighted by molar-refractivity contribution is 7.89. The van der Waals surface area contributed by atoms with E-state index in [1.54, 1.807) is 0 Å². The quantitative estimate of drug-likeness (QED) is 0.820. The fourth-order valence-electron chi connectivity index (χ4n) is 2.43. The summed E-state index contributed by atoms with van der Waals surface area (Å²) in [6.07, 6.45) is 3.72. The molecule has 0 aromatic carbocycles. The lowest BCUT2D eigenvalue weighted by Crippen LogP contribution is -2.49. The molecule has 2 aliphatic rings. The number of hydrogen-bond donors (Lipinski definition) is 0. The zero-order chi connectivity index (χ0) is 13.5. The molecular weight excluding hydrogens is 269 g/mol. The summed E-state index contributed by atoms with van der Waals surface area (Å²) in [5.74, 6) is -0.785. The molecule has 104 valence electrons. The third-order valence-electron chi connectivity index (χ3n) is 3.65. The van der Waals surface area contributed by atoms with Crippen molar-refractivity contribution in [2.75, 3.05) is 26.2 Å². The van der Waals surface area contributed by atoms with E-state index in [9.17, 15) is 12.8 Å². The second kappa shape index (κ2) is 4.81. The van der Waals surface area contributed by atoms with Gasteiger partial charge in [0, 0.05) is 38.4 Å². The van der Waals surface area contributed by atoms with Gasteiger partial charge in [0.05, 0.1) is 0 Å². The van der Waals surface area contributed by atoms with Crippen molar-refractivity contribution in [3.05, 3.63) is 24.1 Å². The maximum absolute atomic E-state index is 13.6. The molecule has 2 fully saturated rings. The number of pyridine rings is 1. The molecule has 7 heteroatoms. The van der Waals surface area contributed by atoms with Crippen LogP contribution in [-0.4, -0.2) is 54.8 Å². The third kappa shape index (κ3) is 2.50. The van der Waals surface area contributed by atoms with Crippen LogP contribution in [0.2, 0.25) is 0 Å². The van der Waals surface area contributed by atoms with Gasteiger partial charge in [0.2, 0.25) is 5.03 Å². The van der Waals surface area contributed by atoms with Crippen molar-refractivity contribution in [2.45, 2.75) is 23.9 Å². The van der Waals surface area contributed by atoms with E-state index in [1.165, 1.54) is 29.4 Å². The summed E-state index contributed by atoms with van der Waals surface area (Å²) < 4.78 is 39.5. The molecule has 0 atom stereocenters. The van der Waals surface area contributed by atoms with Gasteiger partial charge >= 0.3 is 0 Å². The average Bonchev–Trinajstić information content (AvgIpc) is 3.23. The van der Waals surface area contributed by atoms with Gasteiger partial charge in [-0.05, 0) is 25.0 Å². The predicted octanol–water partition coefficient (Wildman–Crippen LogP) is 0.689. The topological polar surface area (TPSA) is 53.5 Å². The summed E-state index contributed by atoms with van der Waals surface area (Å²) in [4.78, 5) is 5.98. The Morgan fingerprint density at radius 1 is 1.21 bits per heavy atom. The number of halogens is 1. The summed E-state index contributed by atoms with van der Waals surface area (Å²) in [5.41, 5.74) is 0. The molecule has 19 heavy (non-hydrogen) atoms. The summed E-state index contributed by atoms with van der Waals surface area (Å²) >= 11 is 0. The van der Waals surface area contributed by atoms with E-state index in [2.05, 4.69) is 9.88 Å². The molecule has 1 saturated heterocycles. The molecule has 0 spiro atoms. The smallest absolute Gasteiger partial charge is 0.263 e. The number of sulfonamides is 1. The van der Waals surface area contributed by atoms with Crippen LogP contribution < -0.4 is 0 Å². The molecule has 1 aliphatic carbocycles. The maximum Gasteiger partial charge on any atom is 0.263 e. The molecule has 0 unspecified atom stereocenters. The number of piperazine rings is 1. The largest absolute Gasteiger partial charge is 0.298 e. The van der Waals surface area contributed by atoms with Crippen molar-refractivity contribution in [1.82, 2.24) is 14.2 Å². The Labute approximate surface area is 112 Å². The van der Waals surface area contributed by atoms with Gasteiger partial charge in [-0.1, -0.05) is 0 Å². The molecule has 0 bridgehead atoms. The Bertz CT molecular complexity index is 566. The fraction of sp³-hybridized carbons (Fsp3) is 0.583. The molecular formula is C12H16FN3O2S. The summed E-state index contributed by atoms with van der Waals surface area (Å²) in [5, 5.41) is -0.463. The molecule has 0 radical (unpaired) electrons. The molecule has 0 amide bonds. The van der Waals surface area contributed by atoms with Gasteiger partial charge in [-0.2, -0.15) is 4.31 Å². The third-order valence-corrected chi connectivity index (χ3v) is 5.48. The zero-order valence-electron chi connectivity index (χ0n) is 10.5. The highest BCUT2D eigenvalue weighted by Crippen LogP contribution is 2.28. The monoisotopic (exact) mass is 285 g/mol. The Morgan fingerprint density at radius 3 is 2.47 bits per heavy atom. The normalized spacial score (nSPS) is 22.6. The van der Waals surface area contributed by atoms with Gasteiger partial charge < -0.3 is 0 Å². The van der Waals surface area contributed by atoms with E-state index in [1.807, 2.05) is 0 Å². The van der Waals surface area contributed by atoms with Crippen molar-refractivity contribution >= 4 is 10.0 Å². The Hall–Kier alpha value is -1.05. The summed E-state index contributed by atoms with van der Waals surface area (Å²) in [6.45, 7) is 2.26. The Balaban J connectivity index is 1.76. The second-order valence-electron chi connectivity index (χ2n) is 4.96. The van der Waals surface area contributed by atoms with Crippen molar-refractivity contribution < 1.29 is 12.8 Å². The molecule has 5 nitrogen and oxygen atoms in total. The molecule has 1 saturated carbocycles. The molecule has 0 N–H and O–H groups in total. The Kier molecular flexibility index (Phi) is 3.28. The summed E-state index contributed by atoms with van der Waals surface area (Å²) in [7, 11) is -3.80. The van der Waals surface area contributed by atoms with Crippen LogP contribution in [0.3, 0.4) is 0 Å². The van der Waals surface area contributed by atoms with Gasteiger partial charge in [0.1, 0.15) is 0 Å². The van der Waals surface area contributed by atoms with Crippen molar-refractivity contribution in [1.29, 1.82) is 0 Å². The van der Waals surface area contributed by atoms with Gasteiger partial charge in [-0.15, -0.1) is 0 Å². The van der Waals surface area contributed by atoms with Gasteiger partial charge in [-0.25, -0.2) is 17.8 Å². The highest BCUT2D eigenvalue weighted by Gasteiger charge is 2.36. The Morgan fingerprint density at radius 2 is 1.89 bits per heavy atom. The first kappa shape index (κ1) is 13.0. The van der Waals surface area contributed by atoms with E-state index < -0.39 is 20.9 Å².